The van der Waals surface area contributed by atoms with Crippen LogP contribution in [0.4, 0.5) is 0 Å². The Bertz CT molecular complexity index is 894. The van der Waals surface area contributed by atoms with Gasteiger partial charge in [0.05, 0.1) is 4.90 Å². The Morgan fingerprint density at radius 2 is 1.79 bits per heavy atom. The first-order chi connectivity index (χ1) is 11.4. The number of nitrogens with zero attached hydrogens (tertiary/aromatic N) is 1. The second kappa shape index (κ2) is 6.09. The molecule has 0 unspecified atom stereocenters. The standard InChI is InChI=1S/C17H16N2O4S/c18-17(21)13-7-4-8-15(9-13)24(22,23)19-11-14(10-16(19)20)12-5-2-1-3-6-12/h1-9,14H,10-11H2,(H2,18,21)/t14-/m1/s1. The molecule has 3 rings (SSSR count). The number of sulfonamides is 1. The Balaban J connectivity index is 1.92. The summed E-state index contributed by atoms with van der Waals surface area (Å²) in [5.41, 5.74) is 6.20. The second-order valence-electron chi connectivity index (χ2n) is 5.63. The maximum atomic E-state index is 12.7. The normalized spacial score (nSPS) is 17.9. The van der Waals surface area contributed by atoms with E-state index >= 15 is 0 Å². The zero-order valence-electron chi connectivity index (χ0n) is 12.8. The van der Waals surface area contributed by atoms with Crippen LogP contribution in [0.15, 0.2) is 59.5 Å². The molecule has 24 heavy (non-hydrogen) atoms. The molecular weight excluding hydrogens is 328 g/mol. The quantitative estimate of drug-likeness (QED) is 0.908. The first-order valence-corrected chi connectivity index (χ1v) is 8.84. The van der Waals surface area contributed by atoms with Crippen LogP contribution in [0.1, 0.15) is 28.3 Å². The van der Waals surface area contributed by atoms with Crippen molar-refractivity contribution in [3.8, 4) is 0 Å². The van der Waals surface area contributed by atoms with Gasteiger partial charge in [0.2, 0.25) is 11.8 Å². The maximum absolute atomic E-state index is 12.7. The van der Waals surface area contributed by atoms with Crippen LogP contribution in [-0.4, -0.2) is 31.1 Å². The van der Waals surface area contributed by atoms with E-state index in [4.69, 9.17) is 5.73 Å². The summed E-state index contributed by atoms with van der Waals surface area (Å²) in [7, 11) is -4.01. The summed E-state index contributed by atoms with van der Waals surface area (Å²) in [5.74, 6) is -1.34. The summed E-state index contributed by atoms with van der Waals surface area (Å²) >= 11 is 0. The molecule has 0 bridgehead atoms. The summed E-state index contributed by atoms with van der Waals surface area (Å²) in [6.45, 7) is 0.0893. The Labute approximate surface area is 139 Å². The average Bonchev–Trinajstić information content (AvgIpc) is 2.98. The van der Waals surface area contributed by atoms with Gasteiger partial charge in [-0.15, -0.1) is 0 Å². The summed E-state index contributed by atoms with van der Waals surface area (Å²) in [6.07, 6.45) is 0.138. The van der Waals surface area contributed by atoms with Crippen molar-refractivity contribution in [2.45, 2.75) is 17.2 Å². The average molecular weight is 344 g/mol. The molecule has 0 radical (unpaired) electrons. The molecule has 1 fully saturated rings. The first-order valence-electron chi connectivity index (χ1n) is 7.40. The lowest BCUT2D eigenvalue weighted by Gasteiger charge is -2.17. The van der Waals surface area contributed by atoms with Crippen LogP contribution in [0.25, 0.3) is 0 Å². The molecule has 0 spiro atoms. The number of primary amides is 1. The van der Waals surface area contributed by atoms with Gasteiger partial charge in [0, 0.05) is 24.4 Å². The fourth-order valence-corrected chi connectivity index (χ4v) is 4.30. The van der Waals surface area contributed by atoms with Crippen LogP contribution in [0, 0.1) is 0 Å². The Morgan fingerprint density at radius 3 is 2.46 bits per heavy atom. The number of hydrogen-bond acceptors (Lipinski definition) is 4. The lowest BCUT2D eigenvalue weighted by molar-refractivity contribution is -0.123. The SMILES string of the molecule is NC(=O)c1cccc(S(=O)(=O)N2C[C@H](c3ccccc3)CC2=O)c1. The fourth-order valence-electron chi connectivity index (χ4n) is 2.80. The predicted octanol–water partition coefficient (Wildman–Crippen LogP) is 1.49. The van der Waals surface area contributed by atoms with Gasteiger partial charge in [-0.05, 0) is 23.8 Å². The molecule has 1 saturated heterocycles. The van der Waals surface area contributed by atoms with E-state index in [0.29, 0.717) is 0 Å². The first kappa shape index (κ1) is 16.2. The second-order valence-corrected chi connectivity index (χ2v) is 7.50. The zero-order chi connectivity index (χ0) is 17.3. The Morgan fingerprint density at radius 1 is 1.08 bits per heavy atom. The van der Waals surface area contributed by atoms with Crippen molar-refractivity contribution in [1.29, 1.82) is 0 Å². The number of rotatable bonds is 4. The zero-order valence-corrected chi connectivity index (χ0v) is 13.6. The molecule has 2 amide bonds. The third kappa shape index (κ3) is 2.90. The maximum Gasteiger partial charge on any atom is 0.266 e. The molecule has 1 aliphatic rings. The summed E-state index contributed by atoms with van der Waals surface area (Å²) in [5, 5.41) is 0. The van der Waals surface area contributed by atoms with Crippen molar-refractivity contribution in [3.63, 3.8) is 0 Å². The summed E-state index contributed by atoms with van der Waals surface area (Å²) in [4.78, 5) is 23.4. The molecule has 1 heterocycles. The van der Waals surface area contributed by atoms with Crippen LogP contribution >= 0.6 is 0 Å². The lowest BCUT2D eigenvalue weighted by atomic mass is 9.99. The largest absolute Gasteiger partial charge is 0.366 e. The van der Waals surface area contributed by atoms with Gasteiger partial charge in [0.1, 0.15) is 0 Å². The number of carbonyl (C=O) groups is 2. The van der Waals surface area contributed by atoms with E-state index in [1.54, 1.807) is 0 Å². The number of amides is 2. The van der Waals surface area contributed by atoms with E-state index in [1.165, 1.54) is 24.3 Å². The molecule has 0 aromatic heterocycles. The third-order valence-corrected chi connectivity index (χ3v) is 5.85. The molecule has 7 heteroatoms. The van der Waals surface area contributed by atoms with Crippen LogP contribution in [0.2, 0.25) is 0 Å². The monoisotopic (exact) mass is 344 g/mol. The van der Waals surface area contributed by atoms with Crippen LogP contribution in [0.5, 0.6) is 0 Å². The van der Waals surface area contributed by atoms with Gasteiger partial charge in [-0.3, -0.25) is 9.59 Å². The van der Waals surface area contributed by atoms with Crippen molar-refractivity contribution >= 4 is 21.8 Å². The molecular formula is C17H16N2O4S. The van der Waals surface area contributed by atoms with Gasteiger partial charge in [-0.2, -0.15) is 0 Å². The van der Waals surface area contributed by atoms with Gasteiger partial charge in [-0.1, -0.05) is 36.4 Å². The summed E-state index contributed by atoms with van der Waals surface area (Å²) in [6, 6.07) is 14.7. The van der Waals surface area contributed by atoms with Crippen molar-refractivity contribution in [3.05, 3.63) is 65.7 Å². The predicted molar refractivity (Wildman–Crippen MR) is 87.7 cm³/mol. The van der Waals surface area contributed by atoms with Gasteiger partial charge >= 0.3 is 0 Å². The third-order valence-electron chi connectivity index (χ3n) is 4.06. The molecule has 1 aliphatic heterocycles. The van der Waals surface area contributed by atoms with Crippen molar-refractivity contribution < 1.29 is 18.0 Å². The van der Waals surface area contributed by atoms with Crippen molar-refractivity contribution in [2.75, 3.05) is 6.54 Å². The molecule has 124 valence electrons. The minimum atomic E-state index is -4.01. The molecule has 2 aromatic carbocycles. The highest BCUT2D eigenvalue weighted by Crippen LogP contribution is 2.32. The van der Waals surface area contributed by atoms with Crippen LogP contribution < -0.4 is 5.73 Å². The topological polar surface area (TPSA) is 97.5 Å². The highest BCUT2D eigenvalue weighted by Gasteiger charge is 2.39. The van der Waals surface area contributed by atoms with Crippen molar-refractivity contribution in [2.24, 2.45) is 5.73 Å². The molecule has 2 N–H and O–H groups in total. The fraction of sp³-hybridized carbons (Fsp3) is 0.176. The molecule has 0 aliphatic carbocycles. The van der Waals surface area contributed by atoms with Gasteiger partial charge in [-0.25, -0.2) is 12.7 Å². The van der Waals surface area contributed by atoms with E-state index in [-0.39, 0.29) is 29.3 Å². The smallest absolute Gasteiger partial charge is 0.266 e. The molecule has 0 saturated carbocycles. The lowest BCUT2D eigenvalue weighted by Crippen LogP contribution is -2.32. The summed E-state index contributed by atoms with van der Waals surface area (Å²) < 4.78 is 26.4. The molecule has 1 atom stereocenters. The Kier molecular flexibility index (Phi) is 4.11. The van der Waals surface area contributed by atoms with E-state index < -0.39 is 21.8 Å². The van der Waals surface area contributed by atoms with Gasteiger partial charge in [0.15, 0.2) is 0 Å². The van der Waals surface area contributed by atoms with E-state index in [0.717, 1.165) is 9.87 Å². The van der Waals surface area contributed by atoms with E-state index in [9.17, 15) is 18.0 Å². The minimum absolute atomic E-state index is 0.0855. The number of carbonyl (C=O) groups excluding carboxylic acids is 2. The number of nitrogens with two attached hydrogens (primary N) is 1. The van der Waals surface area contributed by atoms with Crippen LogP contribution in [0.3, 0.4) is 0 Å². The number of hydrogen-bond donors (Lipinski definition) is 1. The minimum Gasteiger partial charge on any atom is -0.366 e. The number of benzene rings is 2. The Hall–Kier alpha value is -2.67. The van der Waals surface area contributed by atoms with Crippen LogP contribution in [-0.2, 0) is 14.8 Å². The highest BCUT2D eigenvalue weighted by molar-refractivity contribution is 7.89. The molecule has 6 nitrogen and oxygen atoms in total. The molecule has 2 aromatic rings. The van der Waals surface area contributed by atoms with E-state index in [1.807, 2.05) is 30.3 Å². The highest BCUT2D eigenvalue weighted by atomic mass is 32.2. The van der Waals surface area contributed by atoms with E-state index in [2.05, 4.69) is 0 Å². The van der Waals surface area contributed by atoms with Gasteiger partial charge in [0.25, 0.3) is 10.0 Å². The van der Waals surface area contributed by atoms with Crippen molar-refractivity contribution in [1.82, 2.24) is 4.31 Å². The van der Waals surface area contributed by atoms with Gasteiger partial charge < -0.3 is 5.73 Å².